The Bertz CT molecular complexity index is 459. The second-order valence-corrected chi connectivity index (χ2v) is 5.34. The van der Waals surface area contributed by atoms with Gasteiger partial charge in [0.2, 0.25) is 5.91 Å². The first-order valence-electron chi connectivity index (χ1n) is 7.63. The van der Waals surface area contributed by atoms with Gasteiger partial charge >= 0.3 is 0 Å². The highest BCUT2D eigenvalue weighted by atomic mass is 16.2. The van der Waals surface area contributed by atoms with Gasteiger partial charge in [-0.1, -0.05) is 50.6 Å². The molecule has 0 aliphatic heterocycles. The van der Waals surface area contributed by atoms with Crippen LogP contribution in [0.4, 0.5) is 0 Å². The third kappa shape index (κ3) is 4.97. The van der Waals surface area contributed by atoms with Crippen LogP contribution < -0.4 is 5.73 Å². The minimum atomic E-state index is -0.536. The highest BCUT2D eigenvalue weighted by molar-refractivity contribution is 5.90. The van der Waals surface area contributed by atoms with Crippen LogP contribution in [0.2, 0.25) is 0 Å². The Hall–Kier alpha value is -1.68. The van der Waals surface area contributed by atoms with Crippen molar-refractivity contribution in [2.75, 3.05) is 0 Å². The van der Waals surface area contributed by atoms with Crippen molar-refractivity contribution in [3.8, 4) is 0 Å². The Balaban J connectivity index is 2.94. The maximum atomic E-state index is 12.5. The van der Waals surface area contributed by atoms with Crippen LogP contribution in [0.5, 0.6) is 0 Å². The van der Waals surface area contributed by atoms with E-state index in [-0.39, 0.29) is 11.7 Å². The van der Waals surface area contributed by atoms with Crippen molar-refractivity contribution < 1.29 is 9.59 Å². The molecule has 0 heterocycles. The van der Waals surface area contributed by atoms with Gasteiger partial charge in [-0.05, 0) is 18.9 Å². The third-order valence-electron chi connectivity index (χ3n) is 3.68. The van der Waals surface area contributed by atoms with Crippen molar-refractivity contribution in [2.45, 2.75) is 58.7 Å². The lowest BCUT2D eigenvalue weighted by molar-refractivity contribution is -0.140. The molecule has 1 rings (SSSR count). The molecule has 0 fully saturated rings. The van der Waals surface area contributed by atoms with Gasteiger partial charge in [-0.2, -0.15) is 0 Å². The summed E-state index contributed by atoms with van der Waals surface area (Å²) in [6.07, 6.45) is 1.90. The fourth-order valence-corrected chi connectivity index (χ4v) is 2.30. The van der Waals surface area contributed by atoms with Crippen LogP contribution in [0, 0.1) is 0 Å². The highest BCUT2D eigenvalue weighted by Gasteiger charge is 2.28. The van der Waals surface area contributed by atoms with Crippen molar-refractivity contribution in [1.29, 1.82) is 0 Å². The zero-order valence-electron chi connectivity index (χ0n) is 13.2. The van der Waals surface area contributed by atoms with Gasteiger partial charge in [0.25, 0.3) is 0 Å². The predicted octanol–water partition coefficient (Wildman–Crippen LogP) is 2.51. The molecule has 0 bridgehead atoms. The van der Waals surface area contributed by atoms with Crippen molar-refractivity contribution in [2.24, 2.45) is 5.73 Å². The van der Waals surface area contributed by atoms with E-state index in [4.69, 9.17) is 5.73 Å². The number of carbonyl (C=O) groups is 2. The lowest BCUT2D eigenvalue weighted by Gasteiger charge is -2.30. The predicted molar refractivity (Wildman–Crippen MR) is 84.6 cm³/mol. The topological polar surface area (TPSA) is 63.4 Å². The number of amides is 1. The Labute approximate surface area is 127 Å². The summed E-state index contributed by atoms with van der Waals surface area (Å²) >= 11 is 0. The number of nitrogens with two attached hydrogens (primary N) is 1. The van der Waals surface area contributed by atoms with Crippen molar-refractivity contribution >= 4 is 11.7 Å². The molecular weight excluding hydrogens is 264 g/mol. The molecular formula is C17H26N2O2. The molecule has 0 aliphatic rings. The summed E-state index contributed by atoms with van der Waals surface area (Å²) in [4.78, 5) is 26.2. The van der Waals surface area contributed by atoms with E-state index < -0.39 is 12.1 Å². The number of benzene rings is 1. The van der Waals surface area contributed by atoms with E-state index in [9.17, 15) is 9.59 Å². The van der Waals surface area contributed by atoms with Crippen molar-refractivity contribution in [3.05, 3.63) is 35.9 Å². The van der Waals surface area contributed by atoms with Gasteiger partial charge in [0.05, 0.1) is 12.1 Å². The van der Waals surface area contributed by atoms with Crippen LogP contribution in [-0.2, 0) is 16.1 Å². The molecule has 1 amide bonds. The molecule has 4 heteroatoms. The van der Waals surface area contributed by atoms with Gasteiger partial charge in [0, 0.05) is 13.0 Å². The van der Waals surface area contributed by atoms with Crippen LogP contribution in [-0.4, -0.2) is 28.7 Å². The maximum absolute atomic E-state index is 12.5. The summed E-state index contributed by atoms with van der Waals surface area (Å²) in [6, 6.07) is 8.71. The van der Waals surface area contributed by atoms with Gasteiger partial charge in [-0.3, -0.25) is 9.59 Å². The molecule has 0 radical (unpaired) electrons. The largest absolute Gasteiger partial charge is 0.327 e. The zero-order chi connectivity index (χ0) is 15.8. The van der Waals surface area contributed by atoms with E-state index in [0.29, 0.717) is 19.4 Å². The van der Waals surface area contributed by atoms with E-state index in [2.05, 4.69) is 0 Å². The van der Waals surface area contributed by atoms with E-state index in [1.165, 1.54) is 0 Å². The summed E-state index contributed by atoms with van der Waals surface area (Å²) in [7, 11) is 0. The Morgan fingerprint density at radius 2 is 1.81 bits per heavy atom. The maximum Gasteiger partial charge on any atom is 0.240 e. The zero-order valence-corrected chi connectivity index (χ0v) is 13.2. The number of carbonyl (C=O) groups excluding carboxylic acids is 2. The fraction of sp³-hybridized carbons (Fsp3) is 0.529. The van der Waals surface area contributed by atoms with Gasteiger partial charge < -0.3 is 10.6 Å². The molecule has 1 aromatic rings. The average Bonchev–Trinajstić information content (AvgIpc) is 2.51. The molecule has 116 valence electrons. The number of hydrogen-bond acceptors (Lipinski definition) is 3. The lowest BCUT2D eigenvalue weighted by atomic mass is 10.1. The molecule has 0 unspecified atom stereocenters. The second kappa shape index (κ2) is 8.57. The molecule has 0 saturated carbocycles. The summed E-state index contributed by atoms with van der Waals surface area (Å²) < 4.78 is 0. The van der Waals surface area contributed by atoms with Gasteiger partial charge in [-0.25, -0.2) is 0 Å². The highest BCUT2D eigenvalue weighted by Crippen LogP contribution is 2.13. The summed E-state index contributed by atoms with van der Waals surface area (Å²) in [6.45, 7) is 6.01. The Morgan fingerprint density at radius 1 is 1.19 bits per heavy atom. The number of rotatable bonds is 8. The van der Waals surface area contributed by atoms with E-state index in [1.807, 2.05) is 44.2 Å². The molecule has 21 heavy (non-hydrogen) atoms. The van der Waals surface area contributed by atoms with E-state index in [1.54, 1.807) is 11.8 Å². The van der Waals surface area contributed by atoms with E-state index >= 15 is 0 Å². The molecule has 1 aromatic carbocycles. The standard InChI is InChI=1S/C17H26N2O2/c1-4-9-15(18)17(21)19(13(3)16(20)5-2)12-14-10-7-6-8-11-14/h6-8,10-11,13,15H,4-5,9,12,18H2,1-3H3/t13-,15+/m0/s1. The Morgan fingerprint density at radius 3 is 2.33 bits per heavy atom. The normalized spacial score (nSPS) is 13.5. The SMILES string of the molecule is CCC[C@@H](N)C(=O)N(Cc1ccccc1)[C@@H](C)C(=O)CC. The van der Waals surface area contributed by atoms with Gasteiger partial charge in [-0.15, -0.1) is 0 Å². The molecule has 4 nitrogen and oxygen atoms in total. The van der Waals surface area contributed by atoms with Crippen molar-refractivity contribution in [1.82, 2.24) is 4.90 Å². The lowest BCUT2D eigenvalue weighted by Crippen LogP contribution is -2.49. The minimum Gasteiger partial charge on any atom is -0.327 e. The summed E-state index contributed by atoms with van der Waals surface area (Å²) in [5.41, 5.74) is 6.96. The van der Waals surface area contributed by atoms with Crippen LogP contribution in [0.3, 0.4) is 0 Å². The van der Waals surface area contributed by atoms with Crippen LogP contribution in [0.1, 0.15) is 45.6 Å². The first-order valence-corrected chi connectivity index (χ1v) is 7.63. The first-order chi connectivity index (χ1) is 10.0. The number of hydrogen-bond donors (Lipinski definition) is 1. The molecule has 0 aliphatic carbocycles. The van der Waals surface area contributed by atoms with E-state index in [0.717, 1.165) is 12.0 Å². The number of ketones is 1. The minimum absolute atomic E-state index is 0.0583. The van der Waals surface area contributed by atoms with Gasteiger partial charge in [0.1, 0.15) is 0 Å². The molecule has 0 saturated heterocycles. The monoisotopic (exact) mass is 290 g/mol. The smallest absolute Gasteiger partial charge is 0.240 e. The Kier molecular flexibility index (Phi) is 7.09. The van der Waals surface area contributed by atoms with Crippen LogP contribution >= 0.6 is 0 Å². The van der Waals surface area contributed by atoms with Crippen molar-refractivity contribution in [3.63, 3.8) is 0 Å². The molecule has 2 atom stereocenters. The average molecular weight is 290 g/mol. The first kappa shape index (κ1) is 17.4. The summed E-state index contributed by atoms with van der Waals surface area (Å²) in [5, 5.41) is 0. The number of nitrogens with zero attached hydrogens (tertiary/aromatic N) is 1. The summed E-state index contributed by atoms with van der Waals surface area (Å²) in [5.74, 6) is -0.0852. The number of Topliss-reactive ketones (excluding diaryl/α,β-unsaturated/α-hetero) is 1. The van der Waals surface area contributed by atoms with Crippen LogP contribution in [0.15, 0.2) is 30.3 Å². The van der Waals surface area contributed by atoms with Crippen LogP contribution in [0.25, 0.3) is 0 Å². The van der Waals surface area contributed by atoms with Gasteiger partial charge in [0.15, 0.2) is 5.78 Å². The molecule has 0 spiro atoms. The quantitative estimate of drug-likeness (QED) is 0.800. The molecule has 0 aromatic heterocycles. The fourth-order valence-electron chi connectivity index (χ4n) is 2.30. The third-order valence-corrected chi connectivity index (χ3v) is 3.68. The second-order valence-electron chi connectivity index (χ2n) is 5.34. The molecule has 2 N–H and O–H groups in total.